The van der Waals surface area contributed by atoms with Gasteiger partial charge in [-0.2, -0.15) is 9.78 Å². The summed E-state index contributed by atoms with van der Waals surface area (Å²) in [6, 6.07) is 31.2. The Hall–Kier alpha value is -4.77. The molecule has 0 unspecified atom stereocenters. The number of anilines is 1. The van der Waals surface area contributed by atoms with Gasteiger partial charge in [-0.1, -0.05) is 48.5 Å². The summed E-state index contributed by atoms with van der Waals surface area (Å²) in [5.74, 6) is 1.05. The van der Waals surface area contributed by atoms with Crippen LogP contribution in [0.1, 0.15) is 5.56 Å². The number of hydrogen-bond donors (Lipinski definition) is 1. The van der Waals surface area contributed by atoms with Crippen LogP contribution in [0.2, 0.25) is 0 Å². The van der Waals surface area contributed by atoms with Crippen molar-refractivity contribution in [1.29, 1.82) is 0 Å². The molecule has 1 N–H and O–H groups in total. The lowest BCUT2D eigenvalue weighted by molar-refractivity contribution is -0.118. The lowest BCUT2D eigenvalue weighted by Crippen LogP contribution is -2.20. The average molecular weight is 640 g/mol. The second kappa shape index (κ2) is 11.1. The fraction of sp³-hybridized carbons (Fsp3) is 0.0323. The third-order valence-electron chi connectivity index (χ3n) is 6.09. The zero-order chi connectivity index (χ0) is 27.5. The zero-order valence-electron chi connectivity index (χ0n) is 21.0. The first-order chi connectivity index (χ1) is 19.5. The number of benzene rings is 4. The number of rotatable bonds is 7. The van der Waals surface area contributed by atoms with Gasteiger partial charge in [0, 0.05) is 11.1 Å². The molecule has 8 nitrogen and oxygen atoms in total. The maximum absolute atomic E-state index is 13.5. The van der Waals surface area contributed by atoms with Crippen LogP contribution in [-0.2, 0) is 4.79 Å². The highest BCUT2D eigenvalue weighted by Gasteiger charge is 2.16. The molecule has 0 saturated heterocycles. The number of ether oxygens (including phenoxy) is 1. The summed E-state index contributed by atoms with van der Waals surface area (Å²) in [7, 11) is 0. The molecule has 0 aliphatic rings. The minimum atomic E-state index is -0.309. The molecule has 9 heteroatoms. The van der Waals surface area contributed by atoms with Crippen LogP contribution in [0.25, 0.3) is 33.5 Å². The predicted molar refractivity (Wildman–Crippen MR) is 164 cm³/mol. The number of hydrogen-bond acceptors (Lipinski definition) is 6. The molecule has 0 spiro atoms. The highest BCUT2D eigenvalue weighted by Crippen LogP contribution is 2.27. The number of amides is 1. The summed E-state index contributed by atoms with van der Waals surface area (Å²) < 4.78 is 13.8. The molecular weight excluding hydrogens is 619 g/mol. The summed E-state index contributed by atoms with van der Waals surface area (Å²) >= 11 is 2.14. The Morgan fingerprint density at radius 1 is 0.975 bits per heavy atom. The molecule has 0 aliphatic carbocycles. The van der Waals surface area contributed by atoms with Gasteiger partial charge in [-0.05, 0) is 82.8 Å². The maximum Gasteiger partial charge on any atom is 0.282 e. The smallest absolute Gasteiger partial charge is 0.282 e. The molecule has 6 aromatic rings. The SMILES string of the molecule is O=C(COc1ccc(C=Nn2c(-c3cc4ccccc4o3)nc3ccccc3c2=O)cc1I)Nc1ccccc1. The van der Waals surface area contributed by atoms with Crippen molar-refractivity contribution in [3.8, 4) is 17.3 Å². The first-order valence-corrected chi connectivity index (χ1v) is 13.5. The Labute approximate surface area is 242 Å². The van der Waals surface area contributed by atoms with E-state index in [-0.39, 0.29) is 18.1 Å². The number of furan rings is 1. The van der Waals surface area contributed by atoms with E-state index in [1.807, 2.05) is 72.8 Å². The molecule has 0 saturated carbocycles. The highest BCUT2D eigenvalue weighted by atomic mass is 127. The first kappa shape index (κ1) is 25.5. The predicted octanol–water partition coefficient (Wildman–Crippen LogP) is 6.31. The van der Waals surface area contributed by atoms with Crippen molar-refractivity contribution in [1.82, 2.24) is 9.66 Å². The zero-order valence-corrected chi connectivity index (χ0v) is 23.1. The van der Waals surface area contributed by atoms with Crippen molar-refractivity contribution in [3.63, 3.8) is 0 Å². The lowest BCUT2D eigenvalue weighted by Gasteiger charge is -2.10. The molecule has 1 amide bonds. The number of nitrogens with zero attached hydrogens (tertiary/aromatic N) is 3. The third-order valence-corrected chi connectivity index (χ3v) is 6.94. The van der Waals surface area contributed by atoms with Crippen LogP contribution in [0.4, 0.5) is 5.69 Å². The van der Waals surface area contributed by atoms with E-state index in [0.717, 1.165) is 14.5 Å². The minimum Gasteiger partial charge on any atom is -0.483 e. The molecule has 2 aromatic heterocycles. The van der Waals surface area contributed by atoms with Gasteiger partial charge >= 0.3 is 0 Å². The van der Waals surface area contributed by atoms with E-state index in [4.69, 9.17) is 14.1 Å². The van der Waals surface area contributed by atoms with Gasteiger partial charge in [0.25, 0.3) is 11.5 Å². The quantitative estimate of drug-likeness (QED) is 0.163. The van der Waals surface area contributed by atoms with Crippen LogP contribution < -0.4 is 15.6 Å². The van der Waals surface area contributed by atoms with Crippen molar-refractivity contribution in [2.45, 2.75) is 0 Å². The molecular formula is C31H21IN4O4. The largest absolute Gasteiger partial charge is 0.483 e. The summed E-state index contributed by atoms with van der Waals surface area (Å²) in [4.78, 5) is 30.4. The van der Waals surface area contributed by atoms with E-state index in [1.54, 1.807) is 36.5 Å². The Bertz CT molecular complexity index is 1910. The van der Waals surface area contributed by atoms with Crippen LogP contribution >= 0.6 is 22.6 Å². The van der Waals surface area contributed by atoms with E-state index < -0.39 is 0 Å². The van der Waals surface area contributed by atoms with Crippen LogP contribution in [0.5, 0.6) is 5.75 Å². The summed E-state index contributed by atoms with van der Waals surface area (Å²) in [5, 5.41) is 8.66. The fourth-order valence-corrected chi connectivity index (χ4v) is 4.88. The van der Waals surface area contributed by atoms with Crippen molar-refractivity contribution in [2.75, 3.05) is 11.9 Å². The molecule has 196 valence electrons. The second-order valence-corrected chi connectivity index (χ2v) is 10.0. The number of carbonyl (C=O) groups is 1. The standard InChI is InChI=1S/C31H21IN4O4/c32-24-16-20(14-15-27(24)39-19-29(37)34-22-9-2-1-3-10-22)18-33-36-30(28-17-21-8-4-7-13-26(21)40-28)35-25-12-6-5-11-23(25)31(36)38/h1-18H,19H2,(H,34,37). The Morgan fingerprint density at radius 3 is 2.58 bits per heavy atom. The van der Waals surface area contributed by atoms with Crippen molar-refractivity contribution >= 4 is 62.3 Å². The van der Waals surface area contributed by atoms with E-state index in [9.17, 15) is 9.59 Å². The summed E-state index contributed by atoms with van der Waals surface area (Å²) in [6.07, 6.45) is 1.58. The number of halogens is 1. The van der Waals surface area contributed by atoms with Crippen LogP contribution in [-0.4, -0.2) is 28.4 Å². The monoisotopic (exact) mass is 640 g/mol. The Morgan fingerprint density at radius 2 is 1.75 bits per heavy atom. The van der Waals surface area contributed by atoms with Gasteiger partial charge in [0.1, 0.15) is 11.3 Å². The molecule has 0 atom stereocenters. The molecule has 0 aliphatic heterocycles. The number of carbonyl (C=O) groups excluding carboxylic acids is 1. The topological polar surface area (TPSA) is 98.7 Å². The van der Waals surface area contributed by atoms with Crippen molar-refractivity contribution in [2.24, 2.45) is 5.10 Å². The summed E-state index contributed by atoms with van der Waals surface area (Å²) in [5.41, 5.74) is 2.38. The average Bonchev–Trinajstić information content (AvgIpc) is 3.41. The Balaban J connectivity index is 1.27. The van der Waals surface area contributed by atoms with Gasteiger partial charge in [-0.3, -0.25) is 9.59 Å². The lowest BCUT2D eigenvalue weighted by atomic mass is 10.2. The highest BCUT2D eigenvalue weighted by molar-refractivity contribution is 14.1. The molecule has 0 radical (unpaired) electrons. The van der Waals surface area contributed by atoms with Gasteiger partial charge in [-0.25, -0.2) is 4.98 Å². The number of fused-ring (bicyclic) bond motifs is 2. The van der Waals surface area contributed by atoms with E-state index >= 15 is 0 Å². The van der Waals surface area contributed by atoms with Gasteiger partial charge in [0.2, 0.25) is 5.82 Å². The van der Waals surface area contributed by atoms with Crippen LogP contribution in [0, 0.1) is 3.57 Å². The van der Waals surface area contributed by atoms with Gasteiger partial charge in [0.05, 0.1) is 20.7 Å². The normalized spacial score (nSPS) is 11.3. The summed E-state index contributed by atoms with van der Waals surface area (Å²) in [6.45, 7) is -0.128. The molecule has 6 rings (SSSR count). The molecule has 4 aromatic carbocycles. The maximum atomic E-state index is 13.5. The second-order valence-electron chi connectivity index (χ2n) is 8.86. The van der Waals surface area contributed by atoms with Crippen molar-refractivity contribution in [3.05, 3.63) is 123 Å². The first-order valence-electron chi connectivity index (χ1n) is 12.4. The number of aromatic nitrogens is 2. The number of nitrogens with one attached hydrogen (secondary N) is 1. The Kier molecular flexibility index (Phi) is 7.11. The molecule has 2 heterocycles. The van der Waals surface area contributed by atoms with Gasteiger partial charge in [0.15, 0.2) is 12.4 Å². The van der Waals surface area contributed by atoms with Crippen LogP contribution in [0.3, 0.4) is 0 Å². The van der Waals surface area contributed by atoms with E-state index in [2.05, 4.69) is 33.0 Å². The van der Waals surface area contributed by atoms with Gasteiger partial charge in [-0.15, -0.1) is 0 Å². The van der Waals surface area contributed by atoms with E-state index in [0.29, 0.717) is 39.5 Å². The van der Waals surface area contributed by atoms with Crippen LogP contribution in [0.15, 0.2) is 117 Å². The van der Waals surface area contributed by atoms with E-state index in [1.165, 1.54) is 4.68 Å². The molecule has 40 heavy (non-hydrogen) atoms. The minimum absolute atomic E-state index is 0.128. The number of para-hydroxylation sites is 3. The van der Waals surface area contributed by atoms with Gasteiger partial charge < -0.3 is 14.5 Å². The fourth-order valence-electron chi connectivity index (χ4n) is 4.18. The molecule has 0 fully saturated rings. The molecule has 0 bridgehead atoms. The third kappa shape index (κ3) is 5.36. The van der Waals surface area contributed by atoms with Crippen molar-refractivity contribution < 1.29 is 13.9 Å².